The Labute approximate surface area is 234 Å². The highest BCUT2D eigenvalue weighted by Crippen LogP contribution is 2.37. The zero-order chi connectivity index (χ0) is 28.3. The first-order valence-corrected chi connectivity index (χ1v) is 13.0. The molecule has 1 aliphatic rings. The van der Waals surface area contributed by atoms with Crippen LogP contribution in [0.3, 0.4) is 0 Å². The van der Waals surface area contributed by atoms with Gasteiger partial charge in [-0.05, 0) is 29.8 Å². The Hall–Kier alpha value is -5.32. The van der Waals surface area contributed by atoms with Crippen LogP contribution in [0, 0.1) is 0 Å². The summed E-state index contributed by atoms with van der Waals surface area (Å²) < 4.78 is 22.0. The van der Waals surface area contributed by atoms with Crippen LogP contribution < -0.4 is 11.1 Å². The number of rotatable bonds is 6. The molecule has 2 aromatic carbocycles. The number of hydrogen-bond acceptors (Lipinski definition) is 7. The number of fused-ring (bicyclic) bond motifs is 1. The molecular formula is C30H26FN7O3. The van der Waals surface area contributed by atoms with Crippen LogP contribution in [-0.4, -0.2) is 49.0 Å². The minimum Gasteiger partial charge on any atom is -0.445 e. The van der Waals surface area contributed by atoms with Crippen molar-refractivity contribution in [3.63, 3.8) is 0 Å². The van der Waals surface area contributed by atoms with Gasteiger partial charge >= 0.3 is 6.09 Å². The van der Waals surface area contributed by atoms with E-state index in [2.05, 4.69) is 15.3 Å². The van der Waals surface area contributed by atoms with Gasteiger partial charge in [-0.1, -0.05) is 48.5 Å². The number of hydrogen-bond donors (Lipinski definition) is 2. The molecule has 10 nitrogen and oxygen atoms in total. The topological polar surface area (TPSA) is 128 Å². The quantitative estimate of drug-likeness (QED) is 0.302. The van der Waals surface area contributed by atoms with Gasteiger partial charge in [0.15, 0.2) is 0 Å². The summed E-state index contributed by atoms with van der Waals surface area (Å²) in [4.78, 5) is 40.3. The molecule has 3 aromatic heterocycles. The lowest BCUT2D eigenvalue weighted by molar-refractivity contribution is 0.0893. The van der Waals surface area contributed by atoms with Crippen LogP contribution in [0.25, 0.3) is 16.8 Å². The first-order valence-electron chi connectivity index (χ1n) is 13.0. The molecule has 11 heteroatoms. The van der Waals surface area contributed by atoms with E-state index in [0.29, 0.717) is 34.0 Å². The maximum atomic E-state index is 14.8. The summed E-state index contributed by atoms with van der Waals surface area (Å²) in [5.74, 6) is 0.806. The molecule has 2 atom stereocenters. The number of nitrogen functional groups attached to an aromatic ring is 1. The van der Waals surface area contributed by atoms with E-state index in [1.54, 1.807) is 59.3 Å². The summed E-state index contributed by atoms with van der Waals surface area (Å²) in [7, 11) is 0. The van der Waals surface area contributed by atoms with Gasteiger partial charge in [0.05, 0.1) is 12.6 Å². The molecule has 0 bridgehead atoms. The Kier molecular flexibility index (Phi) is 6.99. The van der Waals surface area contributed by atoms with E-state index in [-0.39, 0.29) is 31.3 Å². The molecule has 1 aliphatic heterocycles. The summed E-state index contributed by atoms with van der Waals surface area (Å²) in [6.45, 7) is -0.0340. The molecular weight excluding hydrogens is 525 g/mol. The monoisotopic (exact) mass is 551 g/mol. The Bertz CT molecular complexity index is 1690. The van der Waals surface area contributed by atoms with E-state index in [9.17, 15) is 14.0 Å². The number of carbonyl (C=O) groups excluding carboxylic acids is 2. The van der Waals surface area contributed by atoms with Crippen LogP contribution in [-0.2, 0) is 11.3 Å². The van der Waals surface area contributed by atoms with Crippen LogP contribution >= 0.6 is 0 Å². The van der Waals surface area contributed by atoms with E-state index >= 15 is 0 Å². The first kappa shape index (κ1) is 25.9. The molecule has 4 heterocycles. The number of nitrogens with two attached hydrogens (primary N) is 1. The molecule has 41 heavy (non-hydrogen) atoms. The average Bonchev–Trinajstić information content (AvgIpc) is 3.58. The van der Waals surface area contributed by atoms with Crippen molar-refractivity contribution in [3.8, 4) is 11.3 Å². The molecule has 1 saturated heterocycles. The van der Waals surface area contributed by atoms with Gasteiger partial charge in [0, 0.05) is 36.1 Å². The lowest BCUT2D eigenvalue weighted by Gasteiger charge is -2.23. The Morgan fingerprint density at radius 2 is 1.78 bits per heavy atom. The zero-order valence-electron chi connectivity index (χ0n) is 21.9. The van der Waals surface area contributed by atoms with Crippen LogP contribution in [0.15, 0.2) is 91.4 Å². The summed E-state index contributed by atoms with van der Waals surface area (Å²) in [5, 5.41) is 2.75. The SMILES string of the molecule is Nc1nccn2c([C@@H]3C[C@H](F)CN3C(=O)OCc3ccccc3)nc(-c3ccc(C(=O)Nc4ccccn4)cc3)c12. The Balaban J connectivity index is 1.29. The first-order chi connectivity index (χ1) is 20.0. The molecule has 5 aromatic rings. The highest BCUT2D eigenvalue weighted by molar-refractivity contribution is 6.04. The van der Waals surface area contributed by atoms with E-state index < -0.39 is 18.3 Å². The molecule has 1 fully saturated rings. The van der Waals surface area contributed by atoms with Gasteiger partial charge in [-0.15, -0.1) is 0 Å². The van der Waals surface area contributed by atoms with Crippen molar-refractivity contribution in [2.24, 2.45) is 0 Å². The van der Waals surface area contributed by atoms with Gasteiger partial charge in [-0.25, -0.2) is 24.1 Å². The number of benzene rings is 2. The van der Waals surface area contributed by atoms with Crippen LogP contribution in [0.2, 0.25) is 0 Å². The highest BCUT2D eigenvalue weighted by atomic mass is 19.1. The third-order valence-electron chi connectivity index (χ3n) is 6.93. The smallest absolute Gasteiger partial charge is 0.410 e. The number of pyridine rings is 1. The van der Waals surface area contributed by atoms with Gasteiger partial charge in [-0.2, -0.15) is 0 Å². The molecule has 206 valence electrons. The maximum Gasteiger partial charge on any atom is 0.410 e. The molecule has 0 unspecified atom stereocenters. The Morgan fingerprint density at radius 3 is 2.54 bits per heavy atom. The third-order valence-corrected chi connectivity index (χ3v) is 6.93. The van der Waals surface area contributed by atoms with Crippen molar-refractivity contribution in [2.45, 2.75) is 25.2 Å². The van der Waals surface area contributed by atoms with Gasteiger partial charge in [0.2, 0.25) is 0 Å². The van der Waals surface area contributed by atoms with Gasteiger partial charge in [0.25, 0.3) is 5.91 Å². The number of nitrogens with one attached hydrogen (secondary N) is 1. The van der Waals surface area contributed by atoms with Crippen LogP contribution in [0.1, 0.15) is 34.2 Å². The van der Waals surface area contributed by atoms with E-state index in [1.807, 2.05) is 30.3 Å². The number of nitrogens with zero attached hydrogens (tertiary/aromatic N) is 5. The zero-order valence-corrected chi connectivity index (χ0v) is 21.9. The van der Waals surface area contributed by atoms with Crippen molar-refractivity contribution in [3.05, 3.63) is 108 Å². The third kappa shape index (κ3) is 5.29. The minimum atomic E-state index is -1.24. The predicted octanol–water partition coefficient (Wildman–Crippen LogP) is 5.05. The number of imidazole rings is 1. The summed E-state index contributed by atoms with van der Waals surface area (Å²) >= 11 is 0. The fourth-order valence-corrected chi connectivity index (χ4v) is 4.96. The van der Waals surface area contributed by atoms with Crippen LogP contribution in [0.4, 0.5) is 20.8 Å². The number of carbonyl (C=O) groups is 2. The van der Waals surface area contributed by atoms with Crippen molar-refractivity contribution >= 4 is 29.2 Å². The number of alkyl halides is 1. The number of amides is 2. The average molecular weight is 552 g/mol. The lowest BCUT2D eigenvalue weighted by atomic mass is 10.1. The fraction of sp³-hybridized carbons (Fsp3) is 0.167. The number of likely N-dealkylation sites (tertiary alicyclic amines) is 1. The standard InChI is InChI=1S/C30H26FN7O3/c31-22-16-23(38(17-22)30(40)41-18-19-6-2-1-3-7-19)28-36-25(26-27(32)34-14-15-37(26)28)20-9-11-21(12-10-20)29(39)35-24-8-4-5-13-33-24/h1-15,22-23H,16-18H2,(H2,32,34)(H,33,35,39)/t22-,23-/m0/s1. The van der Waals surface area contributed by atoms with Crippen molar-refractivity contribution in [1.82, 2.24) is 24.3 Å². The molecule has 3 N–H and O–H groups in total. The molecule has 2 amide bonds. The van der Waals surface area contributed by atoms with E-state index in [0.717, 1.165) is 5.56 Å². The summed E-state index contributed by atoms with van der Waals surface area (Å²) in [6, 6.07) is 20.7. The second kappa shape index (κ2) is 11.0. The van der Waals surface area contributed by atoms with Crippen molar-refractivity contribution in [2.75, 3.05) is 17.6 Å². The number of halogens is 1. The normalized spacial score (nSPS) is 16.6. The fourth-order valence-electron chi connectivity index (χ4n) is 4.96. The predicted molar refractivity (Wildman–Crippen MR) is 151 cm³/mol. The van der Waals surface area contributed by atoms with Crippen molar-refractivity contribution < 1.29 is 18.7 Å². The molecule has 0 spiro atoms. The number of aromatic nitrogens is 4. The van der Waals surface area contributed by atoms with Crippen molar-refractivity contribution in [1.29, 1.82) is 0 Å². The summed E-state index contributed by atoms with van der Waals surface area (Å²) in [5.41, 5.74) is 9.24. The largest absolute Gasteiger partial charge is 0.445 e. The molecule has 0 saturated carbocycles. The second-order valence-corrected chi connectivity index (χ2v) is 9.64. The van der Waals surface area contributed by atoms with Gasteiger partial charge in [0.1, 0.15) is 41.4 Å². The van der Waals surface area contributed by atoms with E-state index in [1.165, 1.54) is 11.1 Å². The Morgan fingerprint density at radius 1 is 1.00 bits per heavy atom. The van der Waals surface area contributed by atoms with Gasteiger partial charge in [-0.3, -0.25) is 14.1 Å². The number of anilines is 2. The maximum absolute atomic E-state index is 14.8. The lowest BCUT2D eigenvalue weighted by Crippen LogP contribution is -2.32. The minimum absolute atomic E-state index is 0.0633. The van der Waals surface area contributed by atoms with E-state index in [4.69, 9.17) is 15.5 Å². The van der Waals surface area contributed by atoms with Gasteiger partial charge < -0.3 is 15.8 Å². The highest BCUT2D eigenvalue weighted by Gasteiger charge is 2.40. The molecule has 0 aliphatic carbocycles. The second-order valence-electron chi connectivity index (χ2n) is 9.64. The summed E-state index contributed by atoms with van der Waals surface area (Å²) in [6.07, 6.45) is 3.01. The van der Waals surface area contributed by atoms with Crippen LogP contribution in [0.5, 0.6) is 0 Å². The molecule has 0 radical (unpaired) electrons. The number of ether oxygens (including phenoxy) is 1. The molecule has 6 rings (SSSR count).